The Morgan fingerprint density at radius 3 is 2.85 bits per heavy atom. The molecule has 0 bridgehead atoms. The van der Waals surface area contributed by atoms with E-state index >= 15 is 0 Å². The number of nitrogens with one attached hydrogen (secondary N) is 1. The number of amides is 1. The minimum Gasteiger partial charge on any atom is -0.452 e. The van der Waals surface area contributed by atoms with Crippen molar-refractivity contribution < 1.29 is 9.53 Å². The van der Waals surface area contributed by atoms with Gasteiger partial charge in [-0.15, -0.1) is 11.3 Å². The van der Waals surface area contributed by atoms with E-state index in [4.69, 9.17) is 10.1 Å². The molecule has 2 aromatic heterocycles. The Morgan fingerprint density at radius 2 is 2.20 bits per heavy atom. The van der Waals surface area contributed by atoms with Crippen LogP contribution in [0.4, 0.5) is 0 Å². The van der Waals surface area contributed by atoms with E-state index < -0.39 is 5.60 Å². The molecule has 0 radical (unpaired) electrons. The van der Waals surface area contributed by atoms with Crippen LogP contribution in [0.15, 0.2) is 28.3 Å². The first-order valence-corrected chi connectivity index (χ1v) is 7.97. The molecule has 4 nitrogen and oxygen atoms in total. The van der Waals surface area contributed by atoms with E-state index in [0.717, 1.165) is 10.4 Å². The summed E-state index contributed by atoms with van der Waals surface area (Å²) in [5.74, 6) is -0.0887. The van der Waals surface area contributed by atoms with Gasteiger partial charge in [-0.05, 0) is 46.3 Å². The van der Waals surface area contributed by atoms with Crippen LogP contribution in [0.2, 0.25) is 0 Å². The predicted octanol–water partition coefficient (Wildman–Crippen LogP) is 3.51. The van der Waals surface area contributed by atoms with Crippen molar-refractivity contribution in [1.29, 1.82) is 5.41 Å². The summed E-state index contributed by atoms with van der Waals surface area (Å²) in [6.45, 7) is 1.87. The van der Waals surface area contributed by atoms with Gasteiger partial charge >= 0.3 is 0 Å². The number of carbonyl (C=O) groups excluding carboxylic acids is 1. The van der Waals surface area contributed by atoms with Crippen molar-refractivity contribution in [3.8, 4) is 11.1 Å². The van der Waals surface area contributed by atoms with Gasteiger partial charge in [-0.25, -0.2) is 0 Å². The van der Waals surface area contributed by atoms with E-state index in [2.05, 4.69) is 22.9 Å². The summed E-state index contributed by atoms with van der Waals surface area (Å²) in [4.78, 5) is 14.2. The predicted molar refractivity (Wildman–Crippen MR) is 81.2 cm³/mol. The van der Waals surface area contributed by atoms with Gasteiger partial charge in [0.1, 0.15) is 0 Å². The molecule has 1 N–H and O–H groups in total. The number of hydrogen-bond donors (Lipinski definition) is 1. The first-order chi connectivity index (χ1) is 9.49. The summed E-state index contributed by atoms with van der Waals surface area (Å²) in [6, 6.07) is 4.04. The van der Waals surface area contributed by atoms with E-state index in [1.807, 2.05) is 12.3 Å². The van der Waals surface area contributed by atoms with E-state index in [1.54, 1.807) is 29.7 Å². The van der Waals surface area contributed by atoms with Crippen LogP contribution < -0.4 is 0 Å². The third-order valence-corrected chi connectivity index (χ3v) is 5.32. The number of nitrogens with zero attached hydrogens (tertiary/aromatic N) is 1. The maximum Gasteiger partial charge on any atom is 0.291 e. The fraction of sp³-hybridized carbons (Fsp3) is 0.286. The van der Waals surface area contributed by atoms with Crippen molar-refractivity contribution in [2.24, 2.45) is 0 Å². The van der Waals surface area contributed by atoms with Gasteiger partial charge in [0, 0.05) is 11.9 Å². The van der Waals surface area contributed by atoms with Gasteiger partial charge in [0.25, 0.3) is 6.02 Å². The summed E-state index contributed by atoms with van der Waals surface area (Å²) in [5.41, 5.74) is 1.57. The molecule has 1 saturated heterocycles. The average molecular weight is 306 g/mol. The Morgan fingerprint density at radius 1 is 1.40 bits per heavy atom. The summed E-state index contributed by atoms with van der Waals surface area (Å²) < 4.78 is 5.67. The number of thiophene rings is 2. The van der Waals surface area contributed by atoms with Gasteiger partial charge in [-0.3, -0.25) is 15.1 Å². The summed E-state index contributed by atoms with van der Waals surface area (Å²) >= 11 is 3.23. The molecular weight excluding hydrogens is 292 g/mol. The zero-order valence-electron chi connectivity index (χ0n) is 11.2. The smallest absolute Gasteiger partial charge is 0.291 e. The lowest BCUT2D eigenvalue weighted by Crippen LogP contribution is -2.48. The van der Waals surface area contributed by atoms with Gasteiger partial charge in [-0.1, -0.05) is 0 Å². The summed E-state index contributed by atoms with van der Waals surface area (Å²) in [7, 11) is 1.56. The Bertz CT molecular complexity index is 643. The normalized spacial score (nSPS) is 23.0. The van der Waals surface area contributed by atoms with E-state index in [0.29, 0.717) is 0 Å². The maximum absolute atomic E-state index is 11.9. The maximum atomic E-state index is 11.9. The van der Waals surface area contributed by atoms with Gasteiger partial charge in [0.05, 0.1) is 6.42 Å². The highest BCUT2D eigenvalue weighted by Gasteiger charge is 2.41. The molecular formula is C14H14N2O2S2. The molecule has 3 rings (SSSR count). The molecule has 0 aliphatic carbocycles. The Labute approximate surface area is 125 Å². The average Bonchev–Trinajstić information content (AvgIpc) is 3.06. The number of ether oxygens (including phenoxy) is 1. The fourth-order valence-electron chi connectivity index (χ4n) is 2.17. The Kier molecular flexibility index (Phi) is 3.14. The lowest BCUT2D eigenvalue weighted by molar-refractivity contribution is -0.137. The summed E-state index contributed by atoms with van der Waals surface area (Å²) in [5, 5.41) is 14.0. The van der Waals surface area contributed by atoms with Gasteiger partial charge in [0.2, 0.25) is 5.91 Å². The van der Waals surface area contributed by atoms with Gasteiger partial charge < -0.3 is 4.74 Å². The van der Waals surface area contributed by atoms with Crippen LogP contribution in [0, 0.1) is 5.41 Å². The minimum atomic E-state index is -0.736. The molecule has 104 valence electrons. The van der Waals surface area contributed by atoms with Crippen LogP contribution in [-0.4, -0.2) is 23.9 Å². The van der Waals surface area contributed by atoms with Crippen molar-refractivity contribution in [3.63, 3.8) is 0 Å². The van der Waals surface area contributed by atoms with Crippen LogP contribution in [0.3, 0.4) is 0 Å². The van der Waals surface area contributed by atoms with Gasteiger partial charge in [-0.2, -0.15) is 11.3 Å². The highest BCUT2D eigenvalue weighted by molar-refractivity contribution is 7.10. The second-order valence-electron chi connectivity index (χ2n) is 4.98. The van der Waals surface area contributed by atoms with Crippen LogP contribution >= 0.6 is 22.7 Å². The molecule has 1 aliphatic rings. The lowest BCUT2D eigenvalue weighted by Gasteiger charge is -2.37. The van der Waals surface area contributed by atoms with Crippen LogP contribution in [0.1, 0.15) is 18.2 Å². The Hall–Kier alpha value is -1.66. The monoisotopic (exact) mass is 306 g/mol. The molecule has 1 aliphatic heterocycles. The second kappa shape index (κ2) is 4.71. The quantitative estimate of drug-likeness (QED) is 0.923. The molecule has 0 aromatic carbocycles. The molecule has 20 heavy (non-hydrogen) atoms. The molecule has 0 saturated carbocycles. The zero-order chi connectivity index (χ0) is 14.3. The molecule has 1 fully saturated rings. The minimum absolute atomic E-state index is 0.0887. The Balaban J connectivity index is 1.93. The van der Waals surface area contributed by atoms with E-state index in [1.165, 1.54) is 10.5 Å². The van der Waals surface area contributed by atoms with E-state index in [9.17, 15) is 4.79 Å². The summed E-state index contributed by atoms with van der Waals surface area (Å²) in [6.07, 6.45) is 0.259. The number of rotatable bonds is 2. The number of carbonyl (C=O) groups is 1. The first-order valence-electron chi connectivity index (χ1n) is 6.15. The third-order valence-electron chi connectivity index (χ3n) is 3.46. The molecule has 3 heterocycles. The molecule has 0 spiro atoms. The highest BCUT2D eigenvalue weighted by Crippen LogP contribution is 2.39. The third kappa shape index (κ3) is 2.14. The second-order valence-corrected chi connectivity index (χ2v) is 6.67. The van der Waals surface area contributed by atoms with E-state index in [-0.39, 0.29) is 18.3 Å². The van der Waals surface area contributed by atoms with Crippen LogP contribution in [-0.2, 0) is 15.1 Å². The number of hydrogen-bond acceptors (Lipinski definition) is 5. The van der Waals surface area contributed by atoms with Crippen molar-refractivity contribution in [2.75, 3.05) is 7.05 Å². The number of amidine groups is 1. The van der Waals surface area contributed by atoms with Gasteiger partial charge in [0.15, 0.2) is 5.60 Å². The highest BCUT2D eigenvalue weighted by atomic mass is 32.1. The van der Waals surface area contributed by atoms with Crippen molar-refractivity contribution >= 4 is 34.6 Å². The topological polar surface area (TPSA) is 53.4 Å². The van der Waals surface area contributed by atoms with Crippen molar-refractivity contribution in [3.05, 3.63) is 33.2 Å². The van der Waals surface area contributed by atoms with Crippen molar-refractivity contribution in [2.45, 2.75) is 18.9 Å². The zero-order valence-corrected chi connectivity index (χ0v) is 12.8. The molecule has 1 amide bonds. The largest absolute Gasteiger partial charge is 0.452 e. The van der Waals surface area contributed by atoms with Crippen molar-refractivity contribution in [1.82, 2.24) is 4.90 Å². The SMILES string of the molecule is CN1C(=N)O[C@](C)(c2cc(-c3ccsc3)cs2)CC1=O. The fourth-order valence-corrected chi connectivity index (χ4v) is 3.85. The lowest BCUT2D eigenvalue weighted by atomic mass is 9.96. The van der Waals surface area contributed by atoms with Crippen LogP contribution in [0.5, 0.6) is 0 Å². The van der Waals surface area contributed by atoms with Crippen LogP contribution in [0.25, 0.3) is 11.1 Å². The molecule has 6 heteroatoms. The molecule has 0 unspecified atom stereocenters. The molecule has 1 atom stereocenters. The standard InChI is InChI=1S/C14H14N2O2S2/c1-14(6-12(17)16(2)13(15)18-14)11-5-10(8-20-11)9-3-4-19-7-9/h3-5,7-8,15H,6H2,1-2H3/t14-/m0/s1. The molecule has 2 aromatic rings. The first kappa shape index (κ1) is 13.3.